The van der Waals surface area contributed by atoms with Gasteiger partial charge < -0.3 is 89.9 Å². The van der Waals surface area contributed by atoms with Crippen molar-refractivity contribution in [1.82, 2.24) is 5.32 Å². The van der Waals surface area contributed by atoms with E-state index < -0.39 is 124 Å². The molecule has 3 aliphatic heterocycles. The van der Waals surface area contributed by atoms with Gasteiger partial charge in [0.05, 0.1) is 38.6 Å². The number of hydrogen-bond donors (Lipinski definition) is 12. The van der Waals surface area contributed by atoms with Gasteiger partial charge in [0, 0.05) is 6.42 Å². The highest BCUT2D eigenvalue weighted by Crippen LogP contribution is 2.34. The zero-order valence-electron chi connectivity index (χ0n) is 72.0. The fourth-order valence-corrected chi connectivity index (χ4v) is 16.7. The maximum atomic E-state index is 13.5. The number of aliphatic hydroxyl groups is 11. The first kappa shape index (κ1) is 105. The van der Waals surface area contributed by atoms with Gasteiger partial charge in [-0.25, -0.2) is 0 Å². The maximum Gasteiger partial charge on any atom is 0.220 e. The quantitative estimate of drug-likeness (QED) is 0.0199. The molecule has 3 saturated heterocycles. The molecule has 17 unspecified atom stereocenters. The van der Waals surface area contributed by atoms with Crippen LogP contribution in [0.5, 0.6) is 0 Å². The highest BCUT2D eigenvalue weighted by atomic mass is 16.8. The number of rotatable bonds is 80. The second kappa shape index (κ2) is 73.5. The van der Waals surface area contributed by atoms with Gasteiger partial charge in [0.25, 0.3) is 0 Å². The average molecular weight is 1600 g/mol. The smallest absolute Gasteiger partial charge is 0.220 e. The van der Waals surface area contributed by atoms with Crippen molar-refractivity contribution in [3.8, 4) is 0 Å². The Morgan fingerprint density at radius 1 is 0.312 bits per heavy atom. The van der Waals surface area contributed by atoms with E-state index in [9.17, 15) is 61.0 Å². The predicted octanol–water partition coefficient (Wildman–Crippen LogP) is 19.0. The Balaban J connectivity index is 1.28. The molecule has 17 atom stereocenters. The predicted molar refractivity (Wildman–Crippen MR) is 453 cm³/mol. The third-order valence-corrected chi connectivity index (χ3v) is 24.3. The van der Waals surface area contributed by atoms with E-state index in [1.54, 1.807) is 6.08 Å². The molecule has 19 heteroatoms. The van der Waals surface area contributed by atoms with Crippen molar-refractivity contribution < 1.29 is 89.4 Å². The number of carbonyl (C=O) groups excluding carboxylic acids is 1. The molecule has 3 heterocycles. The van der Waals surface area contributed by atoms with E-state index >= 15 is 0 Å². The van der Waals surface area contributed by atoms with Gasteiger partial charge in [-0.3, -0.25) is 4.79 Å². The van der Waals surface area contributed by atoms with Crippen LogP contribution in [-0.2, 0) is 33.2 Å². The summed E-state index contributed by atoms with van der Waals surface area (Å²) in [6.07, 6.45) is 65.4. The summed E-state index contributed by atoms with van der Waals surface area (Å²) in [5, 5.41) is 121. The van der Waals surface area contributed by atoms with E-state index in [4.69, 9.17) is 28.4 Å². The maximum absolute atomic E-state index is 13.5. The zero-order chi connectivity index (χ0) is 81.0. The molecule has 1 amide bonds. The minimum Gasteiger partial charge on any atom is -0.394 e. The lowest BCUT2D eigenvalue weighted by molar-refractivity contribution is -0.379. The van der Waals surface area contributed by atoms with E-state index in [0.29, 0.717) is 6.42 Å². The molecular weight excluding hydrogens is 1420 g/mol. The van der Waals surface area contributed by atoms with Crippen LogP contribution in [0.4, 0.5) is 0 Å². The molecule has 3 rings (SSSR count). The molecule has 0 aromatic carbocycles. The summed E-state index contributed by atoms with van der Waals surface area (Å²) in [5.41, 5.74) is 0. The molecule has 19 nitrogen and oxygen atoms in total. The van der Waals surface area contributed by atoms with E-state index in [1.807, 2.05) is 6.08 Å². The van der Waals surface area contributed by atoms with E-state index in [-0.39, 0.29) is 18.9 Å². The van der Waals surface area contributed by atoms with Gasteiger partial charge in [0.2, 0.25) is 5.91 Å². The normalized spacial score (nSPS) is 24.9. The lowest BCUT2D eigenvalue weighted by Gasteiger charge is -2.48. The fraction of sp³-hybridized carbons (Fsp3) is 0.968. The Morgan fingerprint density at radius 3 is 0.839 bits per heavy atom. The molecule has 3 aliphatic rings. The minimum atomic E-state index is -1.98. The van der Waals surface area contributed by atoms with Crippen molar-refractivity contribution in [3.63, 3.8) is 0 Å². The van der Waals surface area contributed by atoms with Crippen LogP contribution >= 0.6 is 0 Å². The first-order valence-electron chi connectivity index (χ1n) is 47.9. The number of hydrogen-bond acceptors (Lipinski definition) is 18. The molecule has 0 aromatic heterocycles. The number of nitrogens with one attached hydrogen (secondary N) is 1. The molecular formula is C93H179NO18. The van der Waals surface area contributed by atoms with E-state index in [2.05, 4.69) is 19.2 Å². The van der Waals surface area contributed by atoms with Crippen molar-refractivity contribution in [2.24, 2.45) is 0 Å². The number of aliphatic hydroxyl groups excluding tert-OH is 11. The first-order chi connectivity index (χ1) is 54.8. The summed E-state index contributed by atoms with van der Waals surface area (Å²) in [6.45, 7) is 1.83. The van der Waals surface area contributed by atoms with Crippen LogP contribution in [0.1, 0.15) is 444 Å². The first-order valence-corrected chi connectivity index (χ1v) is 47.9. The number of carbonyl (C=O) groups is 1. The topological polar surface area (TPSA) is 307 Å². The van der Waals surface area contributed by atoms with Crippen molar-refractivity contribution >= 4 is 5.91 Å². The SMILES string of the molecule is CCCCCCCCCCCCCCCCCCCCCCCCCC/C=C/C(O)C(COC1OC(CO)C(OC2OC(CO)C(OC3OC(CO)C(O)C(O)C3O)C(O)C2O)C(O)C1O)NC(=O)CCCCCCCCCCCCCCCCCCCCCCCCCCCCCCCCCCCCCCCCCCC. The molecule has 0 spiro atoms. The van der Waals surface area contributed by atoms with Crippen molar-refractivity contribution in [2.45, 2.75) is 548 Å². The monoisotopic (exact) mass is 1600 g/mol. The van der Waals surface area contributed by atoms with Gasteiger partial charge in [-0.2, -0.15) is 0 Å². The molecule has 0 bridgehead atoms. The van der Waals surface area contributed by atoms with Crippen LogP contribution in [0.15, 0.2) is 12.2 Å². The van der Waals surface area contributed by atoms with Gasteiger partial charge >= 0.3 is 0 Å². The van der Waals surface area contributed by atoms with Gasteiger partial charge in [0.1, 0.15) is 73.2 Å². The van der Waals surface area contributed by atoms with Crippen LogP contribution in [0, 0.1) is 0 Å². The Morgan fingerprint density at radius 2 is 0.554 bits per heavy atom. The van der Waals surface area contributed by atoms with Gasteiger partial charge in [-0.15, -0.1) is 0 Å². The second-order valence-electron chi connectivity index (χ2n) is 34.6. The van der Waals surface area contributed by atoms with Crippen LogP contribution in [0.3, 0.4) is 0 Å². The van der Waals surface area contributed by atoms with E-state index in [1.165, 1.54) is 372 Å². The number of allylic oxidation sites excluding steroid dienone is 1. The van der Waals surface area contributed by atoms with E-state index in [0.717, 1.165) is 44.9 Å². The molecule has 664 valence electrons. The molecule has 12 N–H and O–H groups in total. The van der Waals surface area contributed by atoms with Crippen LogP contribution < -0.4 is 5.32 Å². The largest absolute Gasteiger partial charge is 0.394 e. The summed E-state index contributed by atoms with van der Waals surface area (Å²) in [4.78, 5) is 13.5. The number of unbranched alkanes of at least 4 members (excludes halogenated alkanes) is 64. The highest BCUT2D eigenvalue weighted by molar-refractivity contribution is 5.76. The van der Waals surface area contributed by atoms with Crippen LogP contribution in [0.2, 0.25) is 0 Å². The summed E-state index contributed by atoms with van der Waals surface area (Å²) >= 11 is 0. The van der Waals surface area contributed by atoms with Crippen molar-refractivity contribution in [1.29, 1.82) is 0 Å². The fourth-order valence-electron chi connectivity index (χ4n) is 16.7. The summed E-state index contributed by atoms with van der Waals surface area (Å²) in [6, 6.07) is -0.971. The lowest BCUT2D eigenvalue weighted by atomic mass is 9.96. The molecule has 0 aromatic rings. The Kier molecular flexibility index (Phi) is 68.7. The van der Waals surface area contributed by atoms with Gasteiger partial charge in [-0.1, -0.05) is 431 Å². The minimum absolute atomic E-state index is 0.251. The molecule has 0 saturated carbocycles. The second-order valence-corrected chi connectivity index (χ2v) is 34.6. The Labute approximate surface area is 684 Å². The third kappa shape index (κ3) is 51.2. The Hall–Kier alpha value is -1.47. The average Bonchev–Trinajstić information content (AvgIpc) is 0.781. The molecule has 112 heavy (non-hydrogen) atoms. The Bertz CT molecular complexity index is 2060. The number of amides is 1. The van der Waals surface area contributed by atoms with Crippen LogP contribution in [0.25, 0.3) is 0 Å². The van der Waals surface area contributed by atoms with Crippen molar-refractivity contribution in [3.05, 3.63) is 12.2 Å². The zero-order valence-corrected chi connectivity index (χ0v) is 72.0. The van der Waals surface area contributed by atoms with Gasteiger partial charge in [-0.05, 0) is 19.3 Å². The standard InChI is InChI=1S/C93H179NO18/c1-3-5-7-9-11-13-15-17-19-21-23-25-27-29-31-32-33-34-35-36-37-38-39-40-41-42-43-44-45-47-49-51-53-55-57-59-61-63-65-67-69-71-81(99)94-76(77(98)70-68-66-64-62-60-58-56-54-52-50-48-46-30-28-26-24-22-20-18-16-14-12-10-8-6-4-2)75-107-91-87(105)84(102)89(79(73-96)109-91)112-93-88(106)85(103)90(80(74-97)110-93)111-92-86(104)83(101)82(100)78(72-95)108-92/h68,70,76-80,82-93,95-98,100-106H,3-67,69,71-75H2,1-2H3,(H,94,99)/b70-68+. The number of ether oxygens (including phenoxy) is 6. The summed E-state index contributed by atoms with van der Waals surface area (Å²) < 4.78 is 34.6. The van der Waals surface area contributed by atoms with Gasteiger partial charge in [0.15, 0.2) is 18.9 Å². The van der Waals surface area contributed by atoms with Crippen molar-refractivity contribution in [2.75, 3.05) is 26.4 Å². The van der Waals surface area contributed by atoms with Crippen LogP contribution in [-0.4, -0.2) is 193 Å². The lowest BCUT2D eigenvalue weighted by Crippen LogP contribution is -2.66. The summed E-state index contributed by atoms with van der Waals surface area (Å²) in [7, 11) is 0. The molecule has 0 radical (unpaired) electrons. The highest BCUT2D eigenvalue weighted by Gasteiger charge is 2.54. The molecule has 3 fully saturated rings. The third-order valence-electron chi connectivity index (χ3n) is 24.3. The summed E-state index contributed by atoms with van der Waals surface area (Å²) in [5.74, 6) is -0.264. The molecule has 0 aliphatic carbocycles.